The van der Waals surface area contributed by atoms with Gasteiger partial charge >= 0.3 is 0 Å². The summed E-state index contributed by atoms with van der Waals surface area (Å²) in [6, 6.07) is 0. The van der Waals surface area contributed by atoms with Crippen molar-refractivity contribution >= 4 is 10.0 Å². The molecule has 0 aromatic carbocycles. The van der Waals surface area contributed by atoms with Crippen LogP contribution in [0.15, 0.2) is 17.3 Å². The number of aromatic nitrogens is 2. The minimum atomic E-state index is -3.61. The first-order valence-corrected chi connectivity index (χ1v) is 11.5. The molecule has 0 saturated heterocycles. The molecule has 5 rings (SSSR count). The van der Waals surface area contributed by atoms with Crippen LogP contribution in [-0.2, 0) is 16.6 Å². The second-order valence-corrected chi connectivity index (χ2v) is 10.9. The van der Waals surface area contributed by atoms with Gasteiger partial charge in [0.1, 0.15) is 4.90 Å². The fourth-order valence-corrected chi connectivity index (χ4v) is 7.73. The molecule has 0 amide bonds. The lowest BCUT2D eigenvalue weighted by Gasteiger charge is -2.57. The average molecular weight is 382 g/mol. The van der Waals surface area contributed by atoms with Crippen LogP contribution in [0.5, 0.6) is 0 Å². The molecule has 6 nitrogen and oxygen atoms in total. The third kappa shape index (κ3) is 3.34. The highest BCUT2D eigenvalue weighted by atomic mass is 32.2. The van der Waals surface area contributed by atoms with Crippen LogP contribution in [0, 0.1) is 23.2 Å². The SMILES string of the molecule is CCCn1cc(S(=O)(=O)N(CCO)CC23CC4CC(CC(C4)C2)C3)cn1. The molecule has 1 N–H and O–H groups in total. The highest BCUT2D eigenvalue weighted by molar-refractivity contribution is 7.89. The molecule has 0 aliphatic heterocycles. The molecule has 1 heterocycles. The Kier molecular flexibility index (Phi) is 4.90. The topological polar surface area (TPSA) is 75.4 Å². The molecule has 7 heteroatoms. The Morgan fingerprint density at radius 2 is 1.85 bits per heavy atom. The van der Waals surface area contributed by atoms with Gasteiger partial charge in [-0.1, -0.05) is 6.92 Å². The molecule has 1 aromatic heterocycles. The number of aryl methyl sites for hydroxylation is 1. The Hall–Kier alpha value is -0.920. The average Bonchev–Trinajstić information content (AvgIpc) is 3.03. The fraction of sp³-hybridized carbons (Fsp3) is 0.842. The summed E-state index contributed by atoms with van der Waals surface area (Å²) in [7, 11) is -3.61. The quantitative estimate of drug-likeness (QED) is 0.751. The van der Waals surface area contributed by atoms with Crippen LogP contribution in [0.4, 0.5) is 0 Å². The van der Waals surface area contributed by atoms with E-state index in [1.165, 1.54) is 29.8 Å². The van der Waals surface area contributed by atoms with Crippen molar-refractivity contribution in [2.45, 2.75) is 63.3 Å². The van der Waals surface area contributed by atoms with E-state index < -0.39 is 10.0 Å². The minimum Gasteiger partial charge on any atom is -0.395 e. The van der Waals surface area contributed by atoms with E-state index in [0.717, 1.165) is 43.4 Å². The van der Waals surface area contributed by atoms with Crippen molar-refractivity contribution in [2.75, 3.05) is 19.7 Å². The van der Waals surface area contributed by atoms with Crippen molar-refractivity contribution in [3.05, 3.63) is 12.4 Å². The van der Waals surface area contributed by atoms with Gasteiger partial charge in [0, 0.05) is 25.8 Å². The molecule has 4 bridgehead atoms. The number of hydrogen-bond donors (Lipinski definition) is 1. The summed E-state index contributed by atoms with van der Waals surface area (Å²) in [5.41, 5.74) is 0.121. The number of nitrogens with zero attached hydrogens (tertiary/aromatic N) is 3. The number of sulfonamides is 1. The zero-order chi connectivity index (χ0) is 18.4. The van der Waals surface area contributed by atoms with Crippen LogP contribution in [-0.4, -0.2) is 47.3 Å². The van der Waals surface area contributed by atoms with E-state index in [9.17, 15) is 13.5 Å². The minimum absolute atomic E-state index is 0.121. The highest BCUT2D eigenvalue weighted by Crippen LogP contribution is 2.60. The first kappa shape index (κ1) is 18.4. The summed E-state index contributed by atoms with van der Waals surface area (Å²) < 4.78 is 29.7. The maximum Gasteiger partial charge on any atom is 0.246 e. The lowest BCUT2D eigenvalue weighted by atomic mass is 9.49. The zero-order valence-corrected chi connectivity index (χ0v) is 16.5. The van der Waals surface area contributed by atoms with Crippen LogP contribution in [0.2, 0.25) is 0 Å². The fourth-order valence-electron chi connectivity index (χ4n) is 6.23. The smallest absolute Gasteiger partial charge is 0.246 e. The van der Waals surface area contributed by atoms with Crippen LogP contribution < -0.4 is 0 Å². The molecular weight excluding hydrogens is 350 g/mol. The first-order chi connectivity index (χ1) is 12.4. The van der Waals surface area contributed by atoms with Gasteiger partial charge in [0.25, 0.3) is 0 Å². The lowest BCUT2D eigenvalue weighted by Crippen LogP contribution is -2.52. The van der Waals surface area contributed by atoms with Gasteiger partial charge in [-0.15, -0.1) is 0 Å². The Morgan fingerprint density at radius 1 is 1.23 bits per heavy atom. The van der Waals surface area contributed by atoms with E-state index in [4.69, 9.17) is 0 Å². The molecule has 4 aliphatic carbocycles. The van der Waals surface area contributed by atoms with Gasteiger partial charge in [-0.05, 0) is 68.1 Å². The Balaban J connectivity index is 1.57. The molecular formula is C19H31N3O3S. The second kappa shape index (κ2) is 6.91. The molecule has 146 valence electrons. The third-order valence-corrected chi connectivity index (χ3v) is 8.52. The Labute approximate surface area is 156 Å². The molecule has 4 saturated carbocycles. The van der Waals surface area contributed by atoms with Crippen molar-refractivity contribution in [3.63, 3.8) is 0 Å². The summed E-state index contributed by atoms with van der Waals surface area (Å²) in [4.78, 5) is 0.254. The number of aliphatic hydroxyl groups excluding tert-OH is 1. The van der Waals surface area contributed by atoms with Crippen molar-refractivity contribution < 1.29 is 13.5 Å². The molecule has 0 radical (unpaired) electrons. The van der Waals surface area contributed by atoms with Crippen molar-refractivity contribution in [1.82, 2.24) is 14.1 Å². The molecule has 4 aliphatic rings. The van der Waals surface area contributed by atoms with Gasteiger partial charge in [-0.2, -0.15) is 9.40 Å². The molecule has 0 spiro atoms. The molecule has 0 atom stereocenters. The van der Waals surface area contributed by atoms with Gasteiger partial charge in [0.15, 0.2) is 0 Å². The van der Waals surface area contributed by atoms with Crippen molar-refractivity contribution in [1.29, 1.82) is 0 Å². The summed E-state index contributed by atoms with van der Waals surface area (Å²) >= 11 is 0. The van der Waals surface area contributed by atoms with E-state index in [-0.39, 0.29) is 23.5 Å². The van der Waals surface area contributed by atoms with Gasteiger partial charge in [-0.3, -0.25) is 4.68 Å². The van der Waals surface area contributed by atoms with Crippen molar-refractivity contribution in [3.8, 4) is 0 Å². The van der Waals surface area contributed by atoms with Crippen LogP contribution >= 0.6 is 0 Å². The molecule has 0 unspecified atom stereocenters. The summed E-state index contributed by atoms with van der Waals surface area (Å²) in [5.74, 6) is 2.35. The van der Waals surface area contributed by atoms with Crippen LogP contribution in [0.1, 0.15) is 51.9 Å². The largest absolute Gasteiger partial charge is 0.395 e. The van der Waals surface area contributed by atoms with Crippen LogP contribution in [0.25, 0.3) is 0 Å². The van der Waals surface area contributed by atoms with Gasteiger partial charge in [0.05, 0.1) is 12.8 Å². The predicted molar refractivity (Wildman–Crippen MR) is 99.0 cm³/mol. The monoisotopic (exact) mass is 381 g/mol. The van der Waals surface area contributed by atoms with E-state index >= 15 is 0 Å². The van der Waals surface area contributed by atoms with Gasteiger partial charge in [-0.25, -0.2) is 8.42 Å². The van der Waals surface area contributed by atoms with E-state index in [0.29, 0.717) is 13.1 Å². The number of rotatable bonds is 8. The highest BCUT2D eigenvalue weighted by Gasteiger charge is 2.52. The maximum atomic E-state index is 13.2. The number of aliphatic hydroxyl groups is 1. The van der Waals surface area contributed by atoms with E-state index in [1.54, 1.807) is 10.9 Å². The molecule has 1 aromatic rings. The van der Waals surface area contributed by atoms with Crippen LogP contribution in [0.3, 0.4) is 0 Å². The summed E-state index contributed by atoms with van der Waals surface area (Å²) in [6.07, 6.45) is 11.5. The van der Waals surface area contributed by atoms with Gasteiger partial charge in [0.2, 0.25) is 10.0 Å². The standard InChI is InChI=1S/C19H31N3O3S/c1-2-3-21-13-18(12-20-21)26(24,25)22(4-5-23)14-19-9-15-6-16(10-19)8-17(7-15)11-19/h12-13,15-17,23H,2-11,14H2,1H3. The maximum absolute atomic E-state index is 13.2. The third-order valence-electron chi connectivity index (χ3n) is 6.73. The Bertz CT molecular complexity index is 708. The molecule has 26 heavy (non-hydrogen) atoms. The second-order valence-electron chi connectivity index (χ2n) is 8.92. The lowest BCUT2D eigenvalue weighted by molar-refractivity contribution is -0.0608. The predicted octanol–water partition coefficient (Wildman–Crippen LogP) is 2.49. The van der Waals surface area contributed by atoms with Gasteiger partial charge < -0.3 is 5.11 Å². The first-order valence-electron chi connectivity index (χ1n) is 10.1. The summed E-state index contributed by atoms with van der Waals surface area (Å²) in [6.45, 7) is 3.33. The van der Waals surface area contributed by atoms with E-state index in [2.05, 4.69) is 5.10 Å². The number of hydrogen-bond acceptors (Lipinski definition) is 4. The molecule has 4 fully saturated rings. The van der Waals surface area contributed by atoms with Crippen molar-refractivity contribution in [2.24, 2.45) is 23.2 Å². The Morgan fingerprint density at radius 3 is 2.38 bits per heavy atom. The van der Waals surface area contributed by atoms with E-state index in [1.807, 2.05) is 6.92 Å². The normalized spacial score (nSPS) is 33.3. The zero-order valence-electron chi connectivity index (χ0n) is 15.7. The summed E-state index contributed by atoms with van der Waals surface area (Å²) in [5, 5.41) is 13.7.